The number of hydrogen-bond acceptors (Lipinski definition) is 6. The van der Waals surface area contributed by atoms with Crippen molar-refractivity contribution in [2.75, 3.05) is 0 Å². The molecule has 118 valence electrons. The number of rotatable bonds is 2. The topological polar surface area (TPSA) is 86.4 Å². The van der Waals surface area contributed by atoms with E-state index in [1.807, 2.05) is 0 Å². The van der Waals surface area contributed by atoms with E-state index in [-0.39, 0.29) is 5.69 Å². The summed E-state index contributed by atoms with van der Waals surface area (Å²) in [6.45, 7) is 3.58. The zero-order valence-corrected chi connectivity index (χ0v) is 12.4. The van der Waals surface area contributed by atoms with E-state index in [1.54, 1.807) is 0 Å². The number of alkyl halides is 3. The van der Waals surface area contributed by atoms with E-state index in [9.17, 15) is 21.6 Å². The summed E-state index contributed by atoms with van der Waals surface area (Å²) in [5, 5.41) is 4.08. The first-order valence-corrected chi connectivity index (χ1v) is 7.30. The van der Waals surface area contributed by atoms with Crippen molar-refractivity contribution in [3.8, 4) is 0 Å². The molecule has 0 fully saturated rings. The molecule has 1 unspecified atom stereocenters. The van der Waals surface area contributed by atoms with Crippen LogP contribution in [0.5, 0.6) is 0 Å². The highest BCUT2D eigenvalue weighted by Gasteiger charge is 2.59. The second-order valence-electron chi connectivity index (χ2n) is 5.13. The lowest BCUT2D eigenvalue weighted by molar-refractivity contribution is -0.0232. The van der Waals surface area contributed by atoms with Crippen LogP contribution in [0.25, 0.3) is 0 Å². The van der Waals surface area contributed by atoms with Crippen LogP contribution < -0.4 is 0 Å². The lowest BCUT2D eigenvalue weighted by atomic mass is 10.1. The van der Waals surface area contributed by atoms with Gasteiger partial charge in [0.05, 0.1) is 5.69 Å². The summed E-state index contributed by atoms with van der Waals surface area (Å²) >= 11 is 0. The Morgan fingerprint density at radius 1 is 1.33 bits per heavy atom. The maximum absolute atomic E-state index is 14.3. The molecule has 0 aromatic carbocycles. The fourth-order valence-corrected chi connectivity index (χ4v) is 3.17. The third kappa shape index (κ3) is 2.19. The zero-order chi connectivity index (χ0) is 16.2. The van der Waals surface area contributed by atoms with Crippen LogP contribution in [0.15, 0.2) is 5.16 Å². The van der Waals surface area contributed by atoms with E-state index < -0.39 is 37.6 Å². The second-order valence-corrected chi connectivity index (χ2v) is 7.07. The Morgan fingerprint density at radius 3 is 2.29 bits per heavy atom. The molecule has 0 bridgehead atoms. The zero-order valence-electron chi connectivity index (χ0n) is 11.6. The summed E-state index contributed by atoms with van der Waals surface area (Å²) < 4.78 is 66.6. The first-order chi connectivity index (χ1) is 9.41. The van der Waals surface area contributed by atoms with Gasteiger partial charge in [-0.05, 0) is 20.8 Å². The Kier molecular flexibility index (Phi) is 3.31. The molecule has 0 saturated carbocycles. The minimum Gasteiger partial charge on any atom is -0.385 e. The van der Waals surface area contributed by atoms with Gasteiger partial charge < -0.3 is 4.84 Å². The van der Waals surface area contributed by atoms with Gasteiger partial charge in [-0.25, -0.2) is 12.8 Å². The molecule has 0 N–H and O–H groups in total. The molecule has 1 aromatic rings. The fourth-order valence-electron chi connectivity index (χ4n) is 1.77. The Balaban J connectivity index is 2.52. The van der Waals surface area contributed by atoms with Crippen LogP contribution in [0.4, 0.5) is 13.2 Å². The number of hydrogen-bond donors (Lipinski definition) is 0. The van der Waals surface area contributed by atoms with Crippen LogP contribution in [0.3, 0.4) is 0 Å². The average Bonchev–Trinajstić information content (AvgIpc) is 2.80. The van der Waals surface area contributed by atoms with Crippen molar-refractivity contribution in [1.82, 2.24) is 15.0 Å². The number of sulfone groups is 1. The Morgan fingerprint density at radius 2 is 1.90 bits per heavy atom. The standard InChI is InChI=1S/C10H13F3N4O3S/c1-5-7(15-17(4)14-5)10(12,13)21(18,19)8-6(11)9(2,3)20-16-8/h6H,1-4H3. The first kappa shape index (κ1) is 15.7. The normalized spacial score (nSPS) is 22.0. The number of aryl methyl sites for hydroxylation is 2. The molecule has 21 heavy (non-hydrogen) atoms. The molecule has 0 spiro atoms. The Labute approximate surface area is 118 Å². The lowest BCUT2D eigenvalue weighted by Gasteiger charge is -2.19. The highest BCUT2D eigenvalue weighted by Crippen LogP contribution is 2.40. The van der Waals surface area contributed by atoms with Gasteiger partial charge in [0.2, 0.25) is 5.04 Å². The third-order valence-electron chi connectivity index (χ3n) is 2.97. The van der Waals surface area contributed by atoms with Crippen molar-refractivity contribution < 1.29 is 26.4 Å². The van der Waals surface area contributed by atoms with Gasteiger partial charge in [-0.15, -0.1) is 0 Å². The van der Waals surface area contributed by atoms with Gasteiger partial charge in [-0.3, -0.25) is 0 Å². The van der Waals surface area contributed by atoms with Crippen LogP contribution in [-0.4, -0.2) is 40.2 Å². The lowest BCUT2D eigenvalue weighted by Crippen LogP contribution is -2.42. The van der Waals surface area contributed by atoms with Crippen LogP contribution >= 0.6 is 0 Å². The molecule has 2 heterocycles. The van der Waals surface area contributed by atoms with Gasteiger partial charge in [-0.2, -0.15) is 23.8 Å². The molecular formula is C10H13F3N4O3S. The summed E-state index contributed by atoms with van der Waals surface area (Å²) in [4.78, 5) is 5.38. The minimum absolute atomic E-state index is 0.278. The third-order valence-corrected chi connectivity index (χ3v) is 4.67. The van der Waals surface area contributed by atoms with E-state index in [1.165, 1.54) is 27.8 Å². The second kappa shape index (κ2) is 4.42. The van der Waals surface area contributed by atoms with Gasteiger partial charge in [0.25, 0.3) is 9.84 Å². The van der Waals surface area contributed by atoms with E-state index in [0.29, 0.717) is 0 Å². The predicted octanol–water partition coefficient (Wildman–Crippen LogP) is 1.05. The average molecular weight is 326 g/mol. The van der Waals surface area contributed by atoms with Crippen molar-refractivity contribution in [3.05, 3.63) is 11.4 Å². The van der Waals surface area contributed by atoms with Gasteiger partial charge >= 0.3 is 5.25 Å². The van der Waals surface area contributed by atoms with Crippen molar-refractivity contribution in [2.45, 2.75) is 37.8 Å². The largest absolute Gasteiger partial charge is 0.396 e. The maximum atomic E-state index is 14.3. The minimum atomic E-state index is -5.42. The van der Waals surface area contributed by atoms with Gasteiger partial charge in [-0.1, -0.05) is 5.16 Å². The van der Waals surface area contributed by atoms with Crippen molar-refractivity contribution in [3.63, 3.8) is 0 Å². The van der Waals surface area contributed by atoms with Crippen molar-refractivity contribution >= 4 is 14.9 Å². The monoisotopic (exact) mass is 326 g/mol. The van der Waals surface area contributed by atoms with Crippen LogP contribution in [0.1, 0.15) is 25.2 Å². The van der Waals surface area contributed by atoms with Gasteiger partial charge in [0.1, 0.15) is 0 Å². The number of nitrogens with zero attached hydrogens (tertiary/aromatic N) is 4. The molecule has 1 aliphatic heterocycles. The van der Waals surface area contributed by atoms with Gasteiger partial charge in [0, 0.05) is 7.05 Å². The van der Waals surface area contributed by atoms with Crippen LogP contribution in [0, 0.1) is 6.92 Å². The molecule has 0 aliphatic carbocycles. The van der Waals surface area contributed by atoms with E-state index >= 15 is 0 Å². The highest BCUT2D eigenvalue weighted by atomic mass is 32.2. The van der Waals surface area contributed by atoms with Crippen LogP contribution in [-0.2, 0) is 27.0 Å². The highest BCUT2D eigenvalue weighted by molar-refractivity contribution is 8.07. The van der Waals surface area contributed by atoms with Crippen molar-refractivity contribution in [2.24, 2.45) is 12.2 Å². The number of aromatic nitrogens is 3. The summed E-state index contributed by atoms with van der Waals surface area (Å²) in [7, 11) is -4.16. The number of halogens is 3. The maximum Gasteiger partial charge on any atom is 0.396 e. The van der Waals surface area contributed by atoms with Crippen LogP contribution in [0.2, 0.25) is 0 Å². The summed E-state index contributed by atoms with van der Waals surface area (Å²) in [6.07, 6.45) is -2.30. The van der Waals surface area contributed by atoms with E-state index in [0.717, 1.165) is 4.80 Å². The fraction of sp³-hybridized carbons (Fsp3) is 0.700. The molecule has 1 aliphatic rings. The van der Waals surface area contributed by atoms with Gasteiger partial charge in [0.15, 0.2) is 17.5 Å². The van der Waals surface area contributed by atoms with E-state index in [2.05, 4.69) is 20.2 Å². The molecule has 0 amide bonds. The Hall–Kier alpha value is -1.65. The van der Waals surface area contributed by atoms with E-state index in [4.69, 9.17) is 0 Å². The Bertz CT molecular complexity index is 711. The summed E-state index contributed by atoms with van der Waals surface area (Å²) in [5.74, 6) is 0. The summed E-state index contributed by atoms with van der Waals surface area (Å²) in [5.41, 5.74) is -2.97. The molecule has 0 radical (unpaired) electrons. The SMILES string of the molecule is Cc1nn(C)nc1C(F)(F)S(=O)(=O)C1=NOC(C)(C)C1F. The first-order valence-electron chi connectivity index (χ1n) is 5.82. The van der Waals surface area contributed by atoms with Crippen molar-refractivity contribution in [1.29, 1.82) is 0 Å². The smallest absolute Gasteiger partial charge is 0.385 e. The molecule has 1 aromatic heterocycles. The molecule has 0 saturated heterocycles. The molecule has 11 heteroatoms. The summed E-state index contributed by atoms with van der Waals surface area (Å²) in [6, 6.07) is 0. The molecule has 1 atom stereocenters. The quantitative estimate of drug-likeness (QED) is 0.811. The molecule has 7 nitrogen and oxygen atoms in total. The molecular weight excluding hydrogens is 313 g/mol. The predicted molar refractivity (Wildman–Crippen MR) is 66.0 cm³/mol. The number of oxime groups is 1. The molecule has 2 rings (SSSR count).